The van der Waals surface area contributed by atoms with Gasteiger partial charge in [-0.05, 0) is 25.8 Å². The quantitative estimate of drug-likeness (QED) is 0.354. The summed E-state index contributed by atoms with van der Waals surface area (Å²) < 4.78 is 0. The minimum absolute atomic E-state index is 0.0311. The van der Waals surface area contributed by atoms with Crippen molar-refractivity contribution in [3.63, 3.8) is 0 Å². The molecule has 0 aromatic heterocycles. The van der Waals surface area contributed by atoms with Crippen molar-refractivity contribution in [3.8, 4) is 0 Å². The highest BCUT2D eigenvalue weighted by Crippen LogP contribution is 2.33. The standard InChI is InChI=1S/C15H28N4O2S/c1-2-7-16-8-9-17-13(20)6-4-3-5-12-14-11(10-22-12)18-15(21)19-14/h11-12,14,16H,2-10H2,1H3,(H,17,20)(H2,18,19,21). The van der Waals surface area contributed by atoms with Crippen LogP contribution < -0.4 is 21.3 Å². The lowest BCUT2D eigenvalue weighted by molar-refractivity contribution is -0.121. The zero-order valence-corrected chi connectivity index (χ0v) is 14.1. The molecule has 2 aliphatic rings. The Labute approximate surface area is 136 Å². The predicted molar refractivity (Wildman–Crippen MR) is 90.1 cm³/mol. The van der Waals surface area contributed by atoms with Crippen LogP contribution in [0.2, 0.25) is 0 Å². The van der Waals surface area contributed by atoms with Crippen LogP contribution in [0.3, 0.4) is 0 Å². The molecule has 0 bridgehead atoms. The fourth-order valence-electron chi connectivity index (χ4n) is 2.95. The van der Waals surface area contributed by atoms with Gasteiger partial charge in [-0.15, -0.1) is 0 Å². The fraction of sp³-hybridized carbons (Fsp3) is 0.867. The summed E-state index contributed by atoms with van der Waals surface area (Å²) in [5.41, 5.74) is 0. The largest absolute Gasteiger partial charge is 0.355 e. The van der Waals surface area contributed by atoms with Crippen LogP contribution in [-0.2, 0) is 4.79 Å². The average Bonchev–Trinajstić information content (AvgIpc) is 3.03. The van der Waals surface area contributed by atoms with Crippen LogP contribution in [0.5, 0.6) is 0 Å². The van der Waals surface area contributed by atoms with Crippen molar-refractivity contribution in [1.82, 2.24) is 21.3 Å². The minimum Gasteiger partial charge on any atom is -0.355 e. The van der Waals surface area contributed by atoms with E-state index < -0.39 is 0 Å². The first-order chi connectivity index (χ1) is 10.7. The summed E-state index contributed by atoms with van der Waals surface area (Å²) in [5.74, 6) is 1.14. The van der Waals surface area contributed by atoms with Crippen LogP contribution in [0.4, 0.5) is 4.79 Å². The van der Waals surface area contributed by atoms with Gasteiger partial charge < -0.3 is 21.3 Å². The van der Waals surface area contributed by atoms with Gasteiger partial charge in [0.15, 0.2) is 0 Å². The third-order valence-electron chi connectivity index (χ3n) is 4.13. The van der Waals surface area contributed by atoms with Crippen LogP contribution >= 0.6 is 11.8 Å². The molecule has 2 fully saturated rings. The number of hydrogen-bond donors (Lipinski definition) is 4. The number of thioether (sulfide) groups is 1. The maximum absolute atomic E-state index is 11.7. The maximum atomic E-state index is 11.7. The molecule has 0 saturated carbocycles. The molecule has 126 valence electrons. The Balaban J connectivity index is 1.49. The normalized spacial score (nSPS) is 26.4. The Morgan fingerprint density at radius 1 is 1.27 bits per heavy atom. The van der Waals surface area contributed by atoms with Gasteiger partial charge in [-0.3, -0.25) is 4.79 Å². The molecule has 22 heavy (non-hydrogen) atoms. The highest BCUT2D eigenvalue weighted by Gasteiger charge is 2.42. The topological polar surface area (TPSA) is 82.3 Å². The van der Waals surface area contributed by atoms with Gasteiger partial charge in [-0.1, -0.05) is 13.3 Å². The van der Waals surface area contributed by atoms with Gasteiger partial charge in [0.25, 0.3) is 0 Å². The molecule has 0 radical (unpaired) electrons. The first-order valence-electron chi connectivity index (χ1n) is 8.36. The van der Waals surface area contributed by atoms with E-state index in [4.69, 9.17) is 0 Å². The number of carbonyl (C=O) groups excluding carboxylic acids is 2. The number of urea groups is 1. The van der Waals surface area contributed by atoms with E-state index in [9.17, 15) is 9.59 Å². The summed E-state index contributed by atoms with van der Waals surface area (Å²) in [5, 5.41) is 12.6. The van der Waals surface area contributed by atoms with E-state index in [0.29, 0.717) is 24.3 Å². The predicted octanol–water partition coefficient (Wildman–Crippen LogP) is 0.828. The highest BCUT2D eigenvalue weighted by atomic mass is 32.2. The number of rotatable bonds is 10. The van der Waals surface area contributed by atoms with Gasteiger partial charge in [-0.2, -0.15) is 11.8 Å². The number of fused-ring (bicyclic) bond motifs is 1. The molecule has 3 amide bonds. The van der Waals surface area contributed by atoms with Gasteiger partial charge in [0.2, 0.25) is 5.91 Å². The van der Waals surface area contributed by atoms with Crippen molar-refractivity contribution < 1.29 is 9.59 Å². The highest BCUT2D eigenvalue weighted by molar-refractivity contribution is 8.00. The molecule has 0 spiro atoms. The average molecular weight is 328 g/mol. The molecule has 3 atom stereocenters. The molecule has 2 saturated heterocycles. The summed E-state index contributed by atoms with van der Waals surface area (Å²) in [6.07, 6.45) is 4.75. The van der Waals surface area contributed by atoms with Crippen molar-refractivity contribution in [2.24, 2.45) is 0 Å². The van der Waals surface area contributed by atoms with Crippen LogP contribution in [0.15, 0.2) is 0 Å². The van der Waals surface area contributed by atoms with E-state index >= 15 is 0 Å². The van der Waals surface area contributed by atoms with Crippen molar-refractivity contribution in [1.29, 1.82) is 0 Å². The van der Waals surface area contributed by atoms with Crippen molar-refractivity contribution in [2.45, 2.75) is 56.4 Å². The maximum Gasteiger partial charge on any atom is 0.315 e. The van der Waals surface area contributed by atoms with E-state index in [1.807, 2.05) is 11.8 Å². The van der Waals surface area contributed by atoms with Gasteiger partial charge in [0, 0.05) is 30.5 Å². The minimum atomic E-state index is -0.0311. The fourth-order valence-corrected chi connectivity index (χ4v) is 4.50. The molecule has 0 aliphatic carbocycles. The molecule has 2 rings (SSSR count). The Hall–Kier alpha value is -0.950. The summed E-state index contributed by atoms with van der Waals surface area (Å²) in [6.45, 7) is 4.68. The molecule has 2 heterocycles. The summed E-state index contributed by atoms with van der Waals surface area (Å²) in [6, 6.07) is 0.536. The van der Waals surface area contributed by atoms with Crippen LogP contribution in [0, 0.1) is 0 Å². The second-order valence-corrected chi connectivity index (χ2v) is 7.24. The molecular formula is C15H28N4O2S. The van der Waals surface area contributed by atoms with Gasteiger partial charge >= 0.3 is 6.03 Å². The summed E-state index contributed by atoms with van der Waals surface area (Å²) in [7, 11) is 0. The Morgan fingerprint density at radius 3 is 2.95 bits per heavy atom. The Bertz CT molecular complexity index is 381. The summed E-state index contributed by atoms with van der Waals surface area (Å²) in [4.78, 5) is 23.0. The van der Waals surface area contributed by atoms with E-state index in [2.05, 4.69) is 28.2 Å². The number of amides is 3. The second-order valence-electron chi connectivity index (χ2n) is 5.97. The van der Waals surface area contributed by atoms with Crippen LogP contribution in [0.1, 0.15) is 39.0 Å². The zero-order chi connectivity index (χ0) is 15.8. The molecule has 0 aromatic rings. The van der Waals surface area contributed by atoms with Gasteiger partial charge in [-0.25, -0.2) is 4.79 Å². The van der Waals surface area contributed by atoms with E-state index in [1.165, 1.54) is 0 Å². The first-order valence-corrected chi connectivity index (χ1v) is 9.41. The Kier molecular flexibility index (Phi) is 7.32. The van der Waals surface area contributed by atoms with Crippen molar-refractivity contribution in [2.75, 3.05) is 25.4 Å². The molecule has 4 N–H and O–H groups in total. The monoisotopic (exact) mass is 328 g/mol. The SMILES string of the molecule is CCCNCCNC(=O)CCCCC1SCC2NC(=O)NC21. The van der Waals surface area contributed by atoms with Gasteiger partial charge in [0.1, 0.15) is 0 Å². The third-order valence-corrected chi connectivity index (χ3v) is 5.64. The third kappa shape index (κ3) is 5.35. The smallest absolute Gasteiger partial charge is 0.315 e. The number of nitrogens with one attached hydrogen (secondary N) is 4. The molecule has 3 unspecified atom stereocenters. The summed E-state index contributed by atoms with van der Waals surface area (Å²) >= 11 is 1.93. The van der Waals surface area contributed by atoms with Crippen molar-refractivity contribution in [3.05, 3.63) is 0 Å². The molecule has 2 aliphatic heterocycles. The van der Waals surface area contributed by atoms with E-state index in [0.717, 1.165) is 44.5 Å². The number of hydrogen-bond acceptors (Lipinski definition) is 4. The lowest BCUT2D eigenvalue weighted by Gasteiger charge is -2.16. The number of carbonyl (C=O) groups is 2. The molecule has 6 nitrogen and oxygen atoms in total. The van der Waals surface area contributed by atoms with Crippen molar-refractivity contribution >= 4 is 23.7 Å². The first kappa shape index (κ1) is 17.4. The molecule has 7 heteroatoms. The Morgan fingerprint density at radius 2 is 2.14 bits per heavy atom. The van der Waals surface area contributed by atoms with Crippen LogP contribution in [-0.4, -0.2) is 54.7 Å². The van der Waals surface area contributed by atoms with E-state index in [1.54, 1.807) is 0 Å². The second kappa shape index (κ2) is 9.25. The van der Waals surface area contributed by atoms with Crippen LogP contribution in [0.25, 0.3) is 0 Å². The lowest BCUT2D eigenvalue weighted by Crippen LogP contribution is -2.36. The molecule has 0 aromatic carbocycles. The lowest BCUT2D eigenvalue weighted by atomic mass is 10.0. The number of unbranched alkanes of at least 4 members (excludes halogenated alkanes) is 1. The van der Waals surface area contributed by atoms with Gasteiger partial charge in [0.05, 0.1) is 12.1 Å². The molecular weight excluding hydrogens is 300 g/mol. The van der Waals surface area contributed by atoms with E-state index in [-0.39, 0.29) is 18.0 Å². The zero-order valence-electron chi connectivity index (χ0n) is 13.3.